The first-order chi connectivity index (χ1) is 15.8. The minimum absolute atomic E-state index is 0.0423. The standard InChI is InChI=1S/C26H27N3O4/c1-15-23(26(15)11-10-17-8-9-19(13-20(17)26)24(32)28-2)25(33)29-21-12-16(14-27)6-7-18(21)4-3-5-22(30)31/h6-9,12-13,15,23H,3-5,10-11H2,1-2H3,(H,28,32)(H,29,33)(H,30,31)/t15-,23-,26-/m0/s1. The fourth-order valence-corrected chi connectivity index (χ4v) is 5.50. The van der Waals surface area contributed by atoms with Crippen molar-refractivity contribution in [2.24, 2.45) is 11.8 Å². The van der Waals surface area contributed by atoms with E-state index >= 15 is 0 Å². The van der Waals surface area contributed by atoms with Crippen LogP contribution >= 0.6 is 0 Å². The average molecular weight is 446 g/mol. The molecule has 0 radical (unpaired) electrons. The number of aryl methyl sites for hydroxylation is 2. The van der Waals surface area contributed by atoms with Crippen LogP contribution in [0.5, 0.6) is 0 Å². The predicted octanol–water partition coefficient (Wildman–Crippen LogP) is 3.41. The second-order valence-corrected chi connectivity index (χ2v) is 8.98. The number of hydrogen-bond acceptors (Lipinski definition) is 4. The molecule has 2 aliphatic rings. The minimum Gasteiger partial charge on any atom is -0.481 e. The molecule has 0 bridgehead atoms. The van der Waals surface area contributed by atoms with E-state index in [0.29, 0.717) is 29.7 Å². The molecule has 2 aromatic rings. The number of hydrogen-bond donors (Lipinski definition) is 3. The molecule has 0 unspecified atom stereocenters. The Hall–Kier alpha value is -3.66. The van der Waals surface area contributed by atoms with Crippen LogP contribution in [0.1, 0.15) is 58.8 Å². The van der Waals surface area contributed by atoms with E-state index in [2.05, 4.69) is 23.6 Å². The largest absolute Gasteiger partial charge is 0.481 e. The van der Waals surface area contributed by atoms with Gasteiger partial charge in [0.25, 0.3) is 5.91 Å². The summed E-state index contributed by atoms with van der Waals surface area (Å²) in [5, 5.41) is 23.9. The van der Waals surface area contributed by atoms with Gasteiger partial charge < -0.3 is 15.7 Å². The molecular weight excluding hydrogens is 418 g/mol. The Bertz CT molecular complexity index is 1180. The van der Waals surface area contributed by atoms with Crippen molar-refractivity contribution in [1.29, 1.82) is 5.26 Å². The van der Waals surface area contributed by atoms with Gasteiger partial charge in [-0.3, -0.25) is 14.4 Å². The molecule has 7 nitrogen and oxygen atoms in total. The van der Waals surface area contributed by atoms with E-state index in [0.717, 1.165) is 24.0 Å². The van der Waals surface area contributed by atoms with Gasteiger partial charge in [0.15, 0.2) is 0 Å². The molecule has 0 saturated heterocycles. The van der Waals surface area contributed by atoms with Crippen LogP contribution in [0.3, 0.4) is 0 Å². The van der Waals surface area contributed by atoms with E-state index in [-0.39, 0.29) is 35.5 Å². The van der Waals surface area contributed by atoms with Crippen LogP contribution in [0.25, 0.3) is 0 Å². The van der Waals surface area contributed by atoms with Crippen LogP contribution < -0.4 is 10.6 Å². The third-order valence-electron chi connectivity index (χ3n) is 7.28. The number of nitriles is 1. The summed E-state index contributed by atoms with van der Waals surface area (Å²) in [7, 11) is 1.60. The Morgan fingerprint density at radius 3 is 2.70 bits per heavy atom. The van der Waals surface area contributed by atoms with Crippen LogP contribution in [0.15, 0.2) is 36.4 Å². The van der Waals surface area contributed by atoms with E-state index in [4.69, 9.17) is 5.11 Å². The third kappa shape index (κ3) is 3.97. The highest BCUT2D eigenvalue weighted by atomic mass is 16.4. The van der Waals surface area contributed by atoms with Crippen molar-refractivity contribution in [1.82, 2.24) is 5.32 Å². The Kier molecular flexibility index (Phi) is 5.94. The SMILES string of the molecule is CNC(=O)c1ccc2c(c1)[C@@]1(CC2)[C@H](C(=O)Nc2cc(C#N)ccc2CCCC(=O)O)[C@@H]1C. The van der Waals surface area contributed by atoms with E-state index in [1.807, 2.05) is 18.2 Å². The van der Waals surface area contributed by atoms with Gasteiger partial charge in [-0.2, -0.15) is 5.26 Å². The number of carboxylic acid groups (broad SMARTS) is 1. The number of rotatable bonds is 7. The fraction of sp³-hybridized carbons (Fsp3) is 0.385. The van der Waals surface area contributed by atoms with Crippen molar-refractivity contribution in [2.45, 2.75) is 44.4 Å². The number of carboxylic acids is 1. The highest BCUT2D eigenvalue weighted by molar-refractivity contribution is 5.98. The lowest BCUT2D eigenvalue weighted by molar-refractivity contribution is -0.137. The Morgan fingerprint density at radius 2 is 2.00 bits per heavy atom. The van der Waals surface area contributed by atoms with Crippen LogP contribution in [0.2, 0.25) is 0 Å². The summed E-state index contributed by atoms with van der Waals surface area (Å²) in [5.41, 5.74) is 4.41. The van der Waals surface area contributed by atoms with Crippen LogP contribution in [-0.2, 0) is 27.8 Å². The number of amides is 2. The van der Waals surface area contributed by atoms with Crippen molar-refractivity contribution in [2.75, 3.05) is 12.4 Å². The molecule has 2 amide bonds. The highest BCUT2D eigenvalue weighted by Gasteiger charge is 2.68. The molecule has 2 aromatic carbocycles. The highest BCUT2D eigenvalue weighted by Crippen LogP contribution is 2.66. The van der Waals surface area contributed by atoms with E-state index in [1.54, 1.807) is 25.2 Å². The summed E-state index contributed by atoms with van der Waals surface area (Å²) in [6.07, 6.45) is 2.73. The number of nitrogens with zero attached hydrogens (tertiary/aromatic N) is 1. The molecule has 1 spiro atoms. The molecule has 3 atom stereocenters. The van der Waals surface area contributed by atoms with Crippen molar-refractivity contribution in [3.63, 3.8) is 0 Å². The van der Waals surface area contributed by atoms with Gasteiger partial charge in [0.1, 0.15) is 0 Å². The molecule has 0 aliphatic heterocycles. The molecule has 1 saturated carbocycles. The number of carbonyl (C=O) groups is 3. The average Bonchev–Trinajstić information content (AvgIpc) is 3.22. The number of benzene rings is 2. The Labute approximate surface area is 192 Å². The lowest BCUT2D eigenvalue weighted by Gasteiger charge is -2.15. The molecule has 1 fully saturated rings. The number of anilines is 1. The van der Waals surface area contributed by atoms with Crippen molar-refractivity contribution < 1.29 is 19.5 Å². The summed E-state index contributed by atoms with van der Waals surface area (Å²) in [4.78, 5) is 36.4. The smallest absolute Gasteiger partial charge is 0.303 e. The Balaban J connectivity index is 1.57. The summed E-state index contributed by atoms with van der Waals surface area (Å²) in [6, 6.07) is 13.0. The molecular formula is C26H27N3O4. The van der Waals surface area contributed by atoms with Crippen LogP contribution in [0, 0.1) is 23.2 Å². The number of fused-ring (bicyclic) bond motifs is 2. The number of nitrogens with one attached hydrogen (secondary N) is 2. The van der Waals surface area contributed by atoms with Crippen LogP contribution in [-0.4, -0.2) is 29.9 Å². The summed E-state index contributed by atoms with van der Waals surface area (Å²) < 4.78 is 0. The van der Waals surface area contributed by atoms with Crippen LogP contribution in [0.4, 0.5) is 5.69 Å². The third-order valence-corrected chi connectivity index (χ3v) is 7.28. The first-order valence-corrected chi connectivity index (χ1v) is 11.2. The van der Waals surface area contributed by atoms with Gasteiger partial charge in [-0.1, -0.05) is 19.1 Å². The van der Waals surface area contributed by atoms with Gasteiger partial charge in [-0.05, 0) is 72.6 Å². The molecule has 3 N–H and O–H groups in total. The monoisotopic (exact) mass is 445 g/mol. The van der Waals surface area contributed by atoms with Gasteiger partial charge in [-0.25, -0.2) is 0 Å². The van der Waals surface area contributed by atoms with Gasteiger partial charge in [0.2, 0.25) is 5.91 Å². The van der Waals surface area contributed by atoms with Crippen molar-refractivity contribution in [3.05, 3.63) is 64.2 Å². The molecule has 170 valence electrons. The molecule has 4 rings (SSSR count). The summed E-state index contributed by atoms with van der Waals surface area (Å²) in [5.74, 6) is -1.20. The lowest BCUT2D eigenvalue weighted by atomic mass is 9.92. The van der Waals surface area contributed by atoms with E-state index in [1.165, 1.54) is 5.56 Å². The summed E-state index contributed by atoms with van der Waals surface area (Å²) >= 11 is 0. The zero-order valence-corrected chi connectivity index (χ0v) is 18.8. The minimum atomic E-state index is -0.862. The predicted molar refractivity (Wildman–Crippen MR) is 123 cm³/mol. The molecule has 0 heterocycles. The topological polar surface area (TPSA) is 119 Å². The zero-order valence-electron chi connectivity index (χ0n) is 18.8. The maximum atomic E-state index is 13.4. The van der Waals surface area contributed by atoms with Gasteiger partial charge in [-0.15, -0.1) is 0 Å². The molecule has 0 aromatic heterocycles. The molecule has 33 heavy (non-hydrogen) atoms. The molecule has 7 heteroatoms. The Morgan fingerprint density at radius 1 is 1.21 bits per heavy atom. The zero-order chi connectivity index (χ0) is 23.8. The van der Waals surface area contributed by atoms with E-state index < -0.39 is 5.97 Å². The summed E-state index contributed by atoms with van der Waals surface area (Å²) in [6.45, 7) is 2.07. The van der Waals surface area contributed by atoms with Gasteiger partial charge >= 0.3 is 5.97 Å². The lowest BCUT2D eigenvalue weighted by Crippen LogP contribution is -2.21. The van der Waals surface area contributed by atoms with Crippen molar-refractivity contribution in [3.8, 4) is 6.07 Å². The fourth-order valence-electron chi connectivity index (χ4n) is 5.50. The van der Waals surface area contributed by atoms with E-state index in [9.17, 15) is 19.6 Å². The quantitative estimate of drug-likeness (QED) is 0.603. The normalized spacial score (nSPS) is 22.3. The molecule has 2 aliphatic carbocycles. The maximum absolute atomic E-state index is 13.4. The first-order valence-electron chi connectivity index (χ1n) is 11.2. The second kappa shape index (κ2) is 8.70. The number of aliphatic carboxylic acids is 1. The van der Waals surface area contributed by atoms with Crippen molar-refractivity contribution >= 4 is 23.5 Å². The number of carbonyl (C=O) groups excluding carboxylic acids is 2. The second-order valence-electron chi connectivity index (χ2n) is 8.98. The maximum Gasteiger partial charge on any atom is 0.303 e. The first kappa shape index (κ1) is 22.5. The van der Waals surface area contributed by atoms with Gasteiger partial charge in [0, 0.05) is 30.1 Å². The van der Waals surface area contributed by atoms with Gasteiger partial charge in [0.05, 0.1) is 17.6 Å².